The predicted molar refractivity (Wildman–Crippen MR) is 96.9 cm³/mol. The highest BCUT2D eigenvalue weighted by molar-refractivity contribution is 5.95. The van der Waals surface area contributed by atoms with E-state index in [0.29, 0.717) is 5.92 Å². The van der Waals surface area contributed by atoms with E-state index in [9.17, 15) is 9.59 Å². The van der Waals surface area contributed by atoms with Crippen LogP contribution in [0, 0.1) is 17.8 Å². The number of hydrogen-bond acceptors (Lipinski definition) is 3. The Labute approximate surface area is 149 Å². The zero-order chi connectivity index (χ0) is 18.0. The van der Waals surface area contributed by atoms with Crippen molar-refractivity contribution in [3.8, 4) is 0 Å². The van der Waals surface area contributed by atoms with Crippen molar-refractivity contribution in [1.82, 2.24) is 4.90 Å². The first kappa shape index (κ1) is 16.9. The molecule has 0 spiro atoms. The Morgan fingerprint density at radius 2 is 1.96 bits per heavy atom. The number of aryl methyl sites for hydroxylation is 1. The van der Waals surface area contributed by atoms with Crippen molar-refractivity contribution in [2.75, 3.05) is 6.54 Å². The lowest BCUT2D eigenvalue weighted by atomic mass is 9.65. The molecule has 0 unspecified atom stereocenters. The summed E-state index contributed by atoms with van der Waals surface area (Å²) in [5, 5.41) is 0. The summed E-state index contributed by atoms with van der Waals surface area (Å²) in [6.45, 7) is 9.49. The second-order valence-electron chi connectivity index (χ2n) is 9.77. The van der Waals surface area contributed by atoms with Crippen LogP contribution in [-0.4, -0.2) is 23.4 Å². The normalized spacial score (nSPS) is 31.0. The zero-order valence-corrected chi connectivity index (χ0v) is 15.9. The number of hydrogen-bond donors (Lipinski definition) is 0. The van der Waals surface area contributed by atoms with E-state index in [1.165, 1.54) is 6.42 Å². The second kappa shape index (κ2) is 5.46. The molecule has 1 aliphatic heterocycles. The number of carbonyl (C=O) groups is 1. The van der Waals surface area contributed by atoms with Crippen LogP contribution < -0.4 is 5.63 Å². The van der Waals surface area contributed by atoms with Gasteiger partial charge < -0.3 is 9.32 Å². The van der Waals surface area contributed by atoms with Crippen molar-refractivity contribution < 1.29 is 9.21 Å². The Bertz CT molecular complexity index is 774. The molecule has 2 aliphatic carbocycles. The van der Waals surface area contributed by atoms with Gasteiger partial charge in [0.15, 0.2) is 0 Å². The second-order valence-corrected chi connectivity index (χ2v) is 9.77. The van der Waals surface area contributed by atoms with Crippen LogP contribution in [0.4, 0.5) is 0 Å². The molecule has 4 rings (SSSR count). The Morgan fingerprint density at radius 1 is 1.24 bits per heavy atom. The van der Waals surface area contributed by atoms with Crippen LogP contribution in [0.15, 0.2) is 15.3 Å². The van der Waals surface area contributed by atoms with Gasteiger partial charge in [-0.3, -0.25) is 4.79 Å². The lowest BCUT2D eigenvalue weighted by molar-refractivity contribution is 0.0702. The Balaban J connectivity index is 1.65. The van der Waals surface area contributed by atoms with Crippen LogP contribution in [0.2, 0.25) is 0 Å². The summed E-state index contributed by atoms with van der Waals surface area (Å²) in [5.41, 5.74) is 0.992. The fraction of sp³-hybridized carbons (Fsp3) is 0.714. The monoisotopic (exact) mass is 343 g/mol. The summed E-state index contributed by atoms with van der Waals surface area (Å²) < 4.78 is 5.55. The van der Waals surface area contributed by atoms with E-state index in [-0.39, 0.29) is 28.3 Å². The van der Waals surface area contributed by atoms with Crippen LogP contribution >= 0.6 is 0 Å². The molecule has 2 bridgehead atoms. The Hall–Kier alpha value is -1.58. The summed E-state index contributed by atoms with van der Waals surface area (Å²) in [4.78, 5) is 27.8. The molecule has 1 aromatic rings. The van der Waals surface area contributed by atoms with Gasteiger partial charge in [-0.1, -0.05) is 27.2 Å². The van der Waals surface area contributed by atoms with Crippen LogP contribution in [0.3, 0.4) is 0 Å². The average molecular weight is 343 g/mol. The highest BCUT2D eigenvalue weighted by Crippen LogP contribution is 2.52. The van der Waals surface area contributed by atoms with Crippen molar-refractivity contribution in [1.29, 1.82) is 0 Å². The van der Waals surface area contributed by atoms with Gasteiger partial charge in [0.2, 0.25) is 0 Å². The van der Waals surface area contributed by atoms with Crippen LogP contribution in [0.25, 0.3) is 0 Å². The van der Waals surface area contributed by atoms with E-state index >= 15 is 0 Å². The largest absolute Gasteiger partial charge is 0.427 e. The molecule has 3 fully saturated rings. The van der Waals surface area contributed by atoms with Gasteiger partial charge in [0, 0.05) is 18.5 Å². The Kier molecular flexibility index (Phi) is 3.68. The molecule has 1 saturated heterocycles. The molecule has 3 aliphatic rings. The third kappa shape index (κ3) is 2.84. The maximum atomic E-state index is 13.2. The third-order valence-corrected chi connectivity index (χ3v) is 6.56. The van der Waals surface area contributed by atoms with Crippen molar-refractivity contribution in [2.24, 2.45) is 10.8 Å². The van der Waals surface area contributed by atoms with E-state index < -0.39 is 5.63 Å². The van der Waals surface area contributed by atoms with Gasteiger partial charge in [0.05, 0.1) is 0 Å². The van der Waals surface area contributed by atoms with E-state index in [0.717, 1.165) is 50.0 Å². The number of amides is 1. The van der Waals surface area contributed by atoms with Crippen molar-refractivity contribution in [3.63, 3.8) is 0 Å². The van der Waals surface area contributed by atoms with Gasteiger partial charge in [0.1, 0.15) is 11.3 Å². The minimum absolute atomic E-state index is 0.127. The number of likely N-dealkylation sites (tertiary alicyclic amines) is 1. The molecular formula is C21H29NO3. The first-order valence-corrected chi connectivity index (χ1v) is 9.63. The minimum Gasteiger partial charge on any atom is -0.427 e. The molecule has 4 heteroatoms. The molecule has 0 aromatic carbocycles. The highest BCUT2D eigenvalue weighted by Gasteiger charge is 2.51. The summed E-state index contributed by atoms with van der Waals surface area (Å²) in [7, 11) is 0. The smallest absolute Gasteiger partial charge is 0.349 e. The zero-order valence-electron chi connectivity index (χ0n) is 15.9. The molecular weight excluding hydrogens is 314 g/mol. The molecule has 1 amide bonds. The highest BCUT2D eigenvalue weighted by atomic mass is 16.4. The number of nitrogens with zero attached hydrogens (tertiary/aromatic N) is 1. The molecule has 2 heterocycles. The first-order chi connectivity index (χ1) is 11.7. The van der Waals surface area contributed by atoms with Gasteiger partial charge in [-0.15, -0.1) is 0 Å². The lowest BCUT2D eigenvalue weighted by Gasteiger charge is -2.39. The Morgan fingerprint density at radius 3 is 2.56 bits per heavy atom. The maximum absolute atomic E-state index is 13.2. The van der Waals surface area contributed by atoms with Crippen LogP contribution in [0.5, 0.6) is 0 Å². The quantitative estimate of drug-likeness (QED) is 0.806. The molecule has 136 valence electrons. The average Bonchev–Trinajstić information content (AvgIpc) is 2.65. The van der Waals surface area contributed by atoms with Crippen molar-refractivity contribution in [2.45, 2.75) is 78.2 Å². The summed E-state index contributed by atoms with van der Waals surface area (Å²) >= 11 is 0. The molecule has 0 radical (unpaired) electrons. The van der Waals surface area contributed by atoms with Crippen LogP contribution in [-0.2, 0) is 0 Å². The maximum Gasteiger partial charge on any atom is 0.349 e. The van der Waals surface area contributed by atoms with E-state index in [1.807, 2.05) is 17.9 Å². The van der Waals surface area contributed by atoms with Gasteiger partial charge in [-0.05, 0) is 61.5 Å². The molecule has 1 aromatic heterocycles. The third-order valence-electron chi connectivity index (χ3n) is 6.56. The van der Waals surface area contributed by atoms with Gasteiger partial charge in [0.25, 0.3) is 5.91 Å². The summed E-state index contributed by atoms with van der Waals surface area (Å²) in [5.74, 6) is 0.998. The molecule has 0 N–H and O–H groups in total. The fourth-order valence-corrected chi connectivity index (χ4v) is 5.62. The topological polar surface area (TPSA) is 50.5 Å². The first-order valence-electron chi connectivity index (χ1n) is 9.63. The summed E-state index contributed by atoms with van der Waals surface area (Å²) in [6, 6.07) is 2.16. The fourth-order valence-electron chi connectivity index (χ4n) is 5.62. The van der Waals surface area contributed by atoms with Gasteiger partial charge in [-0.2, -0.15) is 0 Å². The van der Waals surface area contributed by atoms with Gasteiger partial charge in [-0.25, -0.2) is 4.79 Å². The van der Waals surface area contributed by atoms with E-state index in [4.69, 9.17) is 4.42 Å². The van der Waals surface area contributed by atoms with E-state index in [2.05, 4.69) is 20.8 Å². The number of carbonyl (C=O) groups excluding carboxylic acids is 1. The van der Waals surface area contributed by atoms with Crippen molar-refractivity contribution >= 4 is 5.91 Å². The standard InChI is InChI=1S/C21H29NO3/c1-13-8-16(14-6-5-7-14)25-19(24)17(13)18(23)22-12-21(4)10-15(22)9-20(2,3)11-21/h8,14-15H,5-7,9-12H2,1-4H3/t15-,21-/m1/s1. The van der Waals surface area contributed by atoms with Crippen LogP contribution in [0.1, 0.15) is 86.9 Å². The predicted octanol–water partition coefficient (Wildman–Crippen LogP) is 4.26. The minimum atomic E-state index is -0.447. The lowest BCUT2D eigenvalue weighted by Crippen LogP contribution is -2.40. The molecule has 25 heavy (non-hydrogen) atoms. The molecule has 2 atom stereocenters. The number of fused-ring (bicyclic) bond motifs is 2. The SMILES string of the molecule is Cc1cc(C2CCC2)oc(=O)c1C(=O)N1C[C@]2(C)C[C@H]1CC(C)(C)C2. The molecule has 2 saturated carbocycles. The summed E-state index contributed by atoms with van der Waals surface area (Å²) in [6.07, 6.45) is 6.55. The van der Waals surface area contributed by atoms with Gasteiger partial charge >= 0.3 is 5.63 Å². The van der Waals surface area contributed by atoms with Crippen molar-refractivity contribution in [3.05, 3.63) is 33.4 Å². The number of rotatable bonds is 2. The molecule has 4 nitrogen and oxygen atoms in total. The van der Waals surface area contributed by atoms with E-state index in [1.54, 1.807) is 0 Å².